The standard InChI is InChI=1S/C22H28N2O3/c1-17(16-26-2)24-21(25)22(9-13-27-14-10-22)15-19-5-3-4-6-20(19)18-7-11-23-12-8-18/h3-8,11-12,17H,9-10,13-16H2,1-2H3,(H,24,25)/t17-/m1/s1. The molecule has 0 aliphatic carbocycles. The van der Waals surface area contributed by atoms with Crippen molar-refractivity contribution in [1.82, 2.24) is 10.3 Å². The van der Waals surface area contributed by atoms with E-state index in [0.29, 0.717) is 26.2 Å². The van der Waals surface area contributed by atoms with Crippen LogP contribution in [-0.4, -0.2) is 43.9 Å². The van der Waals surface area contributed by atoms with E-state index in [4.69, 9.17) is 9.47 Å². The largest absolute Gasteiger partial charge is 0.383 e. The van der Waals surface area contributed by atoms with Crippen molar-refractivity contribution in [1.29, 1.82) is 0 Å². The minimum absolute atomic E-state index is 0.0161. The van der Waals surface area contributed by atoms with Crippen LogP contribution in [0.2, 0.25) is 0 Å². The fourth-order valence-corrected chi connectivity index (χ4v) is 3.77. The quantitative estimate of drug-likeness (QED) is 0.815. The van der Waals surface area contributed by atoms with E-state index in [1.54, 1.807) is 19.5 Å². The summed E-state index contributed by atoms with van der Waals surface area (Å²) in [7, 11) is 1.65. The van der Waals surface area contributed by atoms with Crippen molar-refractivity contribution in [2.75, 3.05) is 26.9 Å². The second kappa shape index (κ2) is 9.11. The van der Waals surface area contributed by atoms with Gasteiger partial charge in [0.2, 0.25) is 5.91 Å². The van der Waals surface area contributed by atoms with Gasteiger partial charge in [0.1, 0.15) is 0 Å². The molecule has 1 aromatic heterocycles. The highest BCUT2D eigenvalue weighted by molar-refractivity contribution is 5.84. The van der Waals surface area contributed by atoms with Crippen molar-refractivity contribution in [3.8, 4) is 11.1 Å². The fourth-order valence-electron chi connectivity index (χ4n) is 3.77. The number of carbonyl (C=O) groups is 1. The Labute approximate surface area is 161 Å². The number of methoxy groups -OCH3 is 1. The predicted molar refractivity (Wildman–Crippen MR) is 105 cm³/mol. The second-order valence-corrected chi connectivity index (χ2v) is 7.29. The third-order valence-electron chi connectivity index (χ3n) is 5.26. The van der Waals surface area contributed by atoms with E-state index in [9.17, 15) is 4.79 Å². The zero-order chi connectivity index (χ0) is 19.1. The summed E-state index contributed by atoms with van der Waals surface area (Å²) in [6, 6.07) is 12.3. The van der Waals surface area contributed by atoms with E-state index in [2.05, 4.69) is 22.4 Å². The van der Waals surface area contributed by atoms with E-state index < -0.39 is 5.41 Å². The SMILES string of the molecule is COC[C@@H](C)NC(=O)C1(Cc2ccccc2-c2ccncc2)CCOCC1. The summed E-state index contributed by atoms with van der Waals surface area (Å²) in [4.78, 5) is 17.3. The van der Waals surface area contributed by atoms with E-state index in [1.807, 2.05) is 31.2 Å². The number of hydrogen-bond acceptors (Lipinski definition) is 4. The Kier molecular flexibility index (Phi) is 6.58. The van der Waals surface area contributed by atoms with Crippen LogP contribution in [-0.2, 0) is 20.7 Å². The third kappa shape index (κ3) is 4.73. The predicted octanol–water partition coefficient (Wildman–Crippen LogP) is 3.24. The first-order chi connectivity index (χ1) is 13.1. The molecule has 144 valence electrons. The van der Waals surface area contributed by atoms with Crippen molar-refractivity contribution < 1.29 is 14.3 Å². The van der Waals surface area contributed by atoms with Gasteiger partial charge in [-0.1, -0.05) is 24.3 Å². The number of benzene rings is 1. The zero-order valence-corrected chi connectivity index (χ0v) is 16.1. The number of rotatable bonds is 7. The molecule has 1 atom stereocenters. The number of nitrogens with zero attached hydrogens (tertiary/aromatic N) is 1. The number of pyridine rings is 1. The Morgan fingerprint density at radius 1 is 1.22 bits per heavy atom. The molecule has 0 bridgehead atoms. The molecular formula is C22H28N2O3. The van der Waals surface area contributed by atoms with Gasteiger partial charge >= 0.3 is 0 Å². The topological polar surface area (TPSA) is 60.5 Å². The van der Waals surface area contributed by atoms with Gasteiger partial charge in [-0.3, -0.25) is 9.78 Å². The lowest BCUT2D eigenvalue weighted by molar-refractivity contribution is -0.137. The van der Waals surface area contributed by atoms with Gasteiger partial charge in [-0.05, 0) is 55.0 Å². The van der Waals surface area contributed by atoms with Crippen molar-refractivity contribution in [2.45, 2.75) is 32.2 Å². The molecule has 0 unspecified atom stereocenters. The Hall–Kier alpha value is -2.24. The van der Waals surface area contributed by atoms with Gasteiger partial charge in [0, 0.05) is 38.8 Å². The van der Waals surface area contributed by atoms with Crippen LogP contribution < -0.4 is 5.32 Å². The molecule has 0 radical (unpaired) electrons. The lowest BCUT2D eigenvalue weighted by Gasteiger charge is -2.37. The molecule has 2 heterocycles. The maximum atomic E-state index is 13.2. The molecule has 0 saturated carbocycles. The molecule has 1 amide bonds. The van der Waals surface area contributed by atoms with Gasteiger partial charge in [-0.15, -0.1) is 0 Å². The number of aromatic nitrogens is 1. The van der Waals surface area contributed by atoms with Gasteiger partial charge in [-0.2, -0.15) is 0 Å². The van der Waals surface area contributed by atoms with Gasteiger partial charge in [0.05, 0.1) is 12.0 Å². The number of nitrogens with one attached hydrogen (secondary N) is 1. The van der Waals surface area contributed by atoms with Crippen LogP contribution in [0.25, 0.3) is 11.1 Å². The molecule has 1 aliphatic heterocycles. The van der Waals surface area contributed by atoms with E-state index in [0.717, 1.165) is 24.0 Å². The number of amides is 1. The summed E-state index contributed by atoms with van der Waals surface area (Å²) in [6.07, 6.45) is 5.75. The molecule has 0 spiro atoms. The van der Waals surface area contributed by atoms with E-state index in [-0.39, 0.29) is 11.9 Å². The smallest absolute Gasteiger partial charge is 0.227 e. The first-order valence-electron chi connectivity index (χ1n) is 9.50. The van der Waals surface area contributed by atoms with Crippen LogP contribution in [0.3, 0.4) is 0 Å². The zero-order valence-electron chi connectivity index (χ0n) is 16.1. The Bertz CT molecular complexity index is 742. The van der Waals surface area contributed by atoms with Crippen LogP contribution in [0, 0.1) is 5.41 Å². The molecule has 1 fully saturated rings. The monoisotopic (exact) mass is 368 g/mol. The van der Waals surface area contributed by atoms with E-state index >= 15 is 0 Å². The molecule has 27 heavy (non-hydrogen) atoms. The van der Waals surface area contributed by atoms with Crippen molar-refractivity contribution >= 4 is 5.91 Å². The lowest BCUT2D eigenvalue weighted by atomic mass is 9.73. The van der Waals surface area contributed by atoms with Crippen molar-refractivity contribution in [3.63, 3.8) is 0 Å². The highest BCUT2D eigenvalue weighted by Gasteiger charge is 2.41. The average Bonchev–Trinajstić information content (AvgIpc) is 2.70. The van der Waals surface area contributed by atoms with Crippen LogP contribution in [0.1, 0.15) is 25.3 Å². The second-order valence-electron chi connectivity index (χ2n) is 7.29. The average molecular weight is 368 g/mol. The van der Waals surface area contributed by atoms with Gasteiger partial charge in [0.15, 0.2) is 0 Å². The first kappa shape index (κ1) is 19.5. The summed E-state index contributed by atoms with van der Waals surface area (Å²) in [5.41, 5.74) is 3.00. The molecule has 1 aliphatic rings. The van der Waals surface area contributed by atoms with E-state index in [1.165, 1.54) is 5.56 Å². The third-order valence-corrected chi connectivity index (χ3v) is 5.26. The van der Waals surface area contributed by atoms with Crippen LogP contribution in [0.4, 0.5) is 0 Å². The van der Waals surface area contributed by atoms with Crippen molar-refractivity contribution in [2.24, 2.45) is 5.41 Å². The summed E-state index contributed by atoms with van der Waals surface area (Å²) in [6.45, 7) is 3.71. The molecule has 2 aromatic rings. The maximum absolute atomic E-state index is 13.2. The van der Waals surface area contributed by atoms with Crippen molar-refractivity contribution in [3.05, 3.63) is 54.4 Å². The molecule has 1 aromatic carbocycles. The number of ether oxygens (including phenoxy) is 2. The molecule has 1 saturated heterocycles. The number of hydrogen-bond donors (Lipinski definition) is 1. The summed E-state index contributed by atoms with van der Waals surface area (Å²) < 4.78 is 10.7. The van der Waals surface area contributed by atoms with Gasteiger partial charge in [-0.25, -0.2) is 0 Å². The van der Waals surface area contributed by atoms with Gasteiger partial charge in [0.25, 0.3) is 0 Å². The molecule has 5 heteroatoms. The minimum Gasteiger partial charge on any atom is -0.383 e. The normalized spacial score (nSPS) is 17.3. The fraction of sp³-hybridized carbons (Fsp3) is 0.455. The Morgan fingerprint density at radius 3 is 2.63 bits per heavy atom. The summed E-state index contributed by atoms with van der Waals surface area (Å²) in [5.74, 6) is 0.0971. The minimum atomic E-state index is -0.455. The summed E-state index contributed by atoms with van der Waals surface area (Å²) in [5, 5.41) is 3.14. The Morgan fingerprint density at radius 2 is 1.93 bits per heavy atom. The van der Waals surface area contributed by atoms with Gasteiger partial charge < -0.3 is 14.8 Å². The summed E-state index contributed by atoms with van der Waals surface area (Å²) >= 11 is 0. The molecule has 3 rings (SSSR count). The Balaban J connectivity index is 1.89. The number of carbonyl (C=O) groups excluding carboxylic acids is 1. The molecule has 1 N–H and O–H groups in total. The highest BCUT2D eigenvalue weighted by Crippen LogP contribution is 2.37. The molecular weight excluding hydrogens is 340 g/mol. The van der Waals surface area contributed by atoms with Crippen LogP contribution in [0.5, 0.6) is 0 Å². The van der Waals surface area contributed by atoms with Crippen LogP contribution in [0.15, 0.2) is 48.8 Å². The van der Waals surface area contributed by atoms with Crippen LogP contribution >= 0.6 is 0 Å². The maximum Gasteiger partial charge on any atom is 0.227 e. The highest BCUT2D eigenvalue weighted by atomic mass is 16.5. The lowest BCUT2D eigenvalue weighted by Crippen LogP contribution is -2.49. The molecule has 5 nitrogen and oxygen atoms in total. The first-order valence-corrected chi connectivity index (χ1v) is 9.50.